The van der Waals surface area contributed by atoms with Gasteiger partial charge in [-0.2, -0.15) is 0 Å². The molecule has 0 saturated heterocycles. The maximum absolute atomic E-state index is 5.74. The summed E-state index contributed by atoms with van der Waals surface area (Å²) in [6, 6.07) is 8.14. The van der Waals surface area contributed by atoms with Crippen LogP contribution in [-0.4, -0.2) is 11.1 Å². The second-order valence-electron chi connectivity index (χ2n) is 3.55. The zero-order chi connectivity index (χ0) is 10.1. The first-order chi connectivity index (χ1) is 6.72. The largest absolute Gasteiger partial charge is 0.399 e. The van der Waals surface area contributed by atoms with Crippen molar-refractivity contribution < 1.29 is 0 Å². The average molecular weight is 189 g/mol. The van der Waals surface area contributed by atoms with E-state index in [-0.39, 0.29) is 0 Å². The summed E-state index contributed by atoms with van der Waals surface area (Å²) >= 11 is 0. The molecule has 14 heavy (non-hydrogen) atoms. The molecule has 0 aliphatic carbocycles. The molecule has 2 aromatic rings. The molecule has 1 aromatic carbocycles. The lowest BCUT2D eigenvalue weighted by Crippen LogP contribution is -2.06. The van der Waals surface area contributed by atoms with E-state index in [1.165, 1.54) is 16.6 Å². The molecule has 0 aliphatic rings. The van der Waals surface area contributed by atoms with Gasteiger partial charge in [-0.05, 0) is 36.6 Å². The summed E-state index contributed by atoms with van der Waals surface area (Å²) in [5, 5.41) is 1.23. The summed E-state index contributed by atoms with van der Waals surface area (Å²) in [4.78, 5) is 0. The zero-order valence-electron chi connectivity index (χ0n) is 8.33. The first-order valence-corrected chi connectivity index (χ1v) is 4.76. The van der Waals surface area contributed by atoms with Crippen molar-refractivity contribution in [3.8, 4) is 0 Å². The third-order valence-electron chi connectivity index (χ3n) is 2.57. The van der Waals surface area contributed by atoms with E-state index in [1.54, 1.807) is 0 Å². The van der Waals surface area contributed by atoms with E-state index in [4.69, 9.17) is 11.5 Å². The molecule has 0 bridgehead atoms. The van der Waals surface area contributed by atoms with Crippen molar-refractivity contribution >= 4 is 16.6 Å². The molecule has 2 rings (SSSR count). The number of hydrogen-bond acceptors (Lipinski definition) is 2. The number of nitrogen functional groups attached to an aromatic ring is 1. The van der Waals surface area contributed by atoms with Crippen LogP contribution in [0.25, 0.3) is 10.9 Å². The number of aryl methyl sites for hydroxylation is 1. The molecular formula is C11H15N3. The highest BCUT2D eigenvalue weighted by atomic mass is 14.9. The topological polar surface area (TPSA) is 57.0 Å². The summed E-state index contributed by atoms with van der Waals surface area (Å²) in [6.45, 7) is 0.680. The molecule has 0 radical (unpaired) electrons. The second-order valence-corrected chi connectivity index (χ2v) is 3.55. The van der Waals surface area contributed by atoms with Crippen molar-refractivity contribution in [3.63, 3.8) is 0 Å². The molecule has 3 nitrogen and oxygen atoms in total. The Kier molecular flexibility index (Phi) is 2.17. The van der Waals surface area contributed by atoms with Crippen molar-refractivity contribution in [2.24, 2.45) is 12.8 Å². The van der Waals surface area contributed by atoms with Crippen LogP contribution in [0.3, 0.4) is 0 Å². The van der Waals surface area contributed by atoms with Gasteiger partial charge in [0.2, 0.25) is 0 Å². The molecule has 1 aromatic heterocycles. The number of fused-ring (bicyclic) bond motifs is 1. The fourth-order valence-corrected chi connectivity index (χ4v) is 1.79. The maximum atomic E-state index is 5.74. The molecule has 1 heterocycles. The van der Waals surface area contributed by atoms with Crippen LogP contribution in [0.4, 0.5) is 5.69 Å². The summed E-state index contributed by atoms with van der Waals surface area (Å²) in [5.74, 6) is 0. The Bertz CT molecular complexity index is 457. The van der Waals surface area contributed by atoms with Gasteiger partial charge in [0.25, 0.3) is 0 Å². The molecular weight excluding hydrogens is 174 g/mol. The molecule has 0 saturated carbocycles. The Labute approximate surface area is 83.3 Å². The van der Waals surface area contributed by atoms with Crippen molar-refractivity contribution in [3.05, 3.63) is 30.0 Å². The smallest absolute Gasteiger partial charge is 0.0500 e. The standard InChI is InChI=1S/C11H15N3/c1-14-10(4-5-12)6-8-2-3-9(13)7-11(8)14/h2-3,6-7H,4-5,12-13H2,1H3. The Balaban J connectivity index is 2.62. The van der Waals surface area contributed by atoms with Gasteiger partial charge in [-0.3, -0.25) is 0 Å². The quantitative estimate of drug-likeness (QED) is 0.699. The third kappa shape index (κ3) is 1.36. The van der Waals surface area contributed by atoms with Gasteiger partial charge in [-0.15, -0.1) is 0 Å². The van der Waals surface area contributed by atoms with Crippen LogP contribution in [0.15, 0.2) is 24.3 Å². The minimum absolute atomic E-state index is 0.680. The normalized spacial score (nSPS) is 11.0. The predicted octanol–water partition coefficient (Wildman–Crippen LogP) is 1.26. The van der Waals surface area contributed by atoms with Gasteiger partial charge >= 0.3 is 0 Å². The van der Waals surface area contributed by atoms with Gasteiger partial charge < -0.3 is 16.0 Å². The minimum atomic E-state index is 0.680. The number of anilines is 1. The Hall–Kier alpha value is -1.48. The summed E-state index contributed by atoms with van der Waals surface area (Å²) < 4.78 is 2.15. The van der Waals surface area contributed by atoms with E-state index in [0.717, 1.165) is 12.1 Å². The van der Waals surface area contributed by atoms with Crippen LogP contribution in [-0.2, 0) is 13.5 Å². The molecule has 74 valence electrons. The SMILES string of the molecule is Cn1c(CCN)cc2ccc(N)cc21. The van der Waals surface area contributed by atoms with Crippen LogP contribution in [0.5, 0.6) is 0 Å². The van der Waals surface area contributed by atoms with Gasteiger partial charge in [0, 0.05) is 18.4 Å². The zero-order valence-corrected chi connectivity index (χ0v) is 8.33. The second kappa shape index (κ2) is 3.35. The molecule has 3 heteroatoms. The van der Waals surface area contributed by atoms with E-state index in [9.17, 15) is 0 Å². The Morgan fingerprint density at radius 1 is 1.29 bits per heavy atom. The van der Waals surface area contributed by atoms with Gasteiger partial charge in [-0.25, -0.2) is 0 Å². The fourth-order valence-electron chi connectivity index (χ4n) is 1.79. The van der Waals surface area contributed by atoms with Gasteiger partial charge in [0.05, 0.1) is 5.52 Å². The van der Waals surface area contributed by atoms with E-state index in [2.05, 4.69) is 10.6 Å². The minimum Gasteiger partial charge on any atom is -0.399 e. The lowest BCUT2D eigenvalue weighted by molar-refractivity contribution is 0.827. The van der Waals surface area contributed by atoms with Crippen molar-refractivity contribution in [2.45, 2.75) is 6.42 Å². The summed E-state index contributed by atoms with van der Waals surface area (Å²) in [6.07, 6.45) is 0.908. The highest BCUT2D eigenvalue weighted by Crippen LogP contribution is 2.21. The number of nitrogens with two attached hydrogens (primary N) is 2. The van der Waals surface area contributed by atoms with Crippen molar-refractivity contribution in [1.29, 1.82) is 0 Å². The van der Waals surface area contributed by atoms with Gasteiger partial charge in [0.1, 0.15) is 0 Å². The number of hydrogen-bond donors (Lipinski definition) is 2. The Morgan fingerprint density at radius 3 is 2.79 bits per heavy atom. The van der Waals surface area contributed by atoms with E-state index >= 15 is 0 Å². The lowest BCUT2D eigenvalue weighted by atomic mass is 10.2. The van der Waals surface area contributed by atoms with Crippen LogP contribution >= 0.6 is 0 Å². The number of aromatic nitrogens is 1. The van der Waals surface area contributed by atoms with Crippen LogP contribution < -0.4 is 11.5 Å². The number of rotatable bonds is 2. The molecule has 0 unspecified atom stereocenters. The lowest BCUT2D eigenvalue weighted by Gasteiger charge is -2.02. The van der Waals surface area contributed by atoms with Crippen LogP contribution in [0.2, 0.25) is 0 Å². The predicted molar refractivity (Wildman–Crippen MR) is 60.1 cm³/mol. The van der Waals surface area contributed by atoms with Gasteiger partial charge in [0.15, 0.2) is 0 Å². The molecule has 0 atom stereocenters. The number of benzene rings is 1. The number of nitrogens with zero attached hydrogens (tertiary/aromatic N) is 1. The first kappa shape index (κ1) is 9.09. The molecule has 0 spiro atoms. The average Bonchev–Trinajstić information content (AvgIpc) is 2.46. The maximum Gasteiger partial charge on any atom is 0.0500 e. The molecule has 0 fully saturated rings. The highest BCUT2D eigenvalue weighted by Gasteiger charge is 2.04. The molecule has 4 N–H and O–H groups in total. The van der Waals surface area contributed by atoms with E-state index < -0.39 is 0 Å². The van der Waals surface area contributed by atoms with Crippen molar-refractivity contribution in [2.75, 3.05) is 12.3 Å². The van der Waals surface area contributed by atoms with Crippen LogP contribution in [0.1, 0.15) is 5.69 Å². The van der Waals surface area contributed by atoms with Gasteiger partial charge in [-0.1, -0.05) is 6.07 Å². The summed E-state index contributed by atoms with van der Waals surface area (Å²) in [7, 11) is 2.05. The van der Waals surface area contributed by atoms with Crippen LogP contribution in [0, 0.1) is 0 Å². The first-order valence-electron chi connectivity index (χ1n) is 4.76. The molecule has 0 amide bonds. The van der Waals surface area contributed by atoms with Crippen molar-refractivity contribution in [1.82, 2.24) is 4.57 Å². The third-order valence-corrected chi connectivity index (χ3v) is 2.57. The Morgan fingerprint density at radius 2 is 2.07 bits per heavy atom. The fraction of sp³-hybridized carbons (Fsp3) is 0.273. The highest BCUT2D eigenvalue weighted by molar-refractivity contribution is 5.84. The summed E-state index contributed by atoms with van der Waals surface area (Å²) in [5.41, 5.74) is 14.5. The monoisotopic (exact) mass is 189 g/mol. The van der Waals surface area contributed by atoms with E-state index in [0.29, 0.717) is 6.54 Å². The van der Waals surface area contributed by atoms with E-state index in [1.807, 2.05) is 25.2 Å². The molecule has 0 aliphatic heterocycles.